The summed E-state index contributed by atoms with van der Waals surface area (Å²) in [6, 6.07) is 5.59. The highest BCUT2D eigenvalue weighted by atomic mass is 35.5. The zero-order chi connectivity index (χ0) is 14.2. The number of halogens is 1. The number of nitrogens with zero attached hydrogens (tertiary/aromatic N) is 1. The van der Waals surface area contributed by atoms with Crippen LogP contribution in [-0.4, -0.2) is 18.8 Å². The van der Waals surface area contributed by atoms with E-state index >= 15 is 0 Å². The molecule has 0 spiro atoms. The van der Waals surface area contributed by atoms with Gasteiger partial charge in [0.05, 0.1) is 5.88 Å². The molecule has 0 saturated heterocycles. The first-order chi connectivity index (χ1) is 9.61. The summed E-state index contributed by atoms with van der Waals surface area (Å²) in [7, 11) is -3.41. The van der Waals surface area contributed by atoms with Crippen LogP contribution in [0.1, 0.15) is 23.3 Å². The van der Waals surface area contributed by atoms with Crippen LogP contribution in [0, 0.1) is 0 Å². The highest BCUT2D eigenvalue weighted by Crippen LogP contribution is 2.36. The van der Waals surface area contributed by atoms with Crippen LogP contribution in [0.4, 0.5) is 0 Å². The van der Waals surface area contributed by atoms with Gasteiger partial charge in [0, 0.05) is 17.5 Å². The molecule has 0 aromatic carbocycles. The van der Waals surface area contributed by atoms with Crippen molar-refractivity contribution < 1.29 is 8.42 Å². The van der Waals surface area contributed by atoms with Gasteiger partial charge in [-0.25, -0.2) is 8.42 Å². The van der Waals surface area contributed by atoms with Gasteiger partial charge in [0.15, 0.2) is 0 Å². The number of alkyl halides is 1. The minimum atomic E-state index is -3.41. The average molecular weight is 348 g/mol. The summed E-state index contributed by atoms with van der Waals surface area (Å²) in [5.41, 5.74) is 1.06. The van der Waals surface area contributed by atoms with E-state index in [0.717, 1.165) is 23.3 Å². The Labute approximate surface area is 131 Å². The number of hydrogen-bond donors (Lipinski definition) is 0. The molecule has 0 amide bonds. The van der Waals surface area contributed by atoms with Gasteiger partial charge in [-0.2, -0.15) is 15.6 Å². The quantitative estimate of drug-likeness (QED) is 0.743. The SMILES string of the molecule is O=S(=O)(c1ccc(CCl)s1)N(Cc1ccsc1)C1CC1. The maximum Gasteiger partial charge on any atom is 0.253 e. The van der Waals surface area contributed by atoms with Gasteiger partial charge in [-0.05, 0) is 47.4 Å². The van der Waals surface area contributed by atoms with E-state index in [1.165, 1.54) is 11.3 Å². The third kappa shape index (κ3) is 2.94. The van der Waals surface area contributed by atoms with Crippen molar-refractivity contribution in [3.63, 3.8) is 0 Å². The smallest absolute Gasteiger partial charge is 0.206 e. The van der Waals surface area contributed by atoms with Gasteiger partial charge in [0.2, 0.25) is 0 Å². The fourth-order valence-corrected chi connectivity index (χ4v) is 5.94. The Morgan fingerprint density at radius 1 is 1.30 bits per heavy atom. The Morgan fingerprint density at radius 2 is 2.10 bits per heavy atom. The highest BCUT2D eigenvalue weighted by molar-refractivity contribution is 7.91. The van der Waals surface area contributed by atoms with Crippen LogP contribution in [-0.2, 0) is 22.4 Å². The topological polar surface area (TPSA) is 37.4 Å². The van der Waals surface area contributed by atoms with E-state index in [0.29, 0.717) is 16.6 Å². The molecule has 108 valence electrons. The second-order valence-corrected chi connectivity index (χ2v) is 9.10. The van der Waals surface area contributed by atoms with E-state index in [2.05, 4.69) is 0 Å². The Hall–Kier alpha value is -0.400. The van der Waals surface area contributed by atoms with Crippen molar-refractivity contribution >= 4 is 44.3 Å². The van der Waals surface area contributed by atoms with Crippen LogP contribution in [0.15, 0.2) is 33.2 Å². The lowest BCUT2D eigenvalue weighted by atomic mass is 10.3. The molecule has 2 aromatic heterocycles. The molecule has 3 rings (SSSR count). The molecule has 20 heavy (non-hydrogen) atoms. The zero-order valence-corrected chi connectivity index (χ0v) is 13.9. The molecular formula is C13H14ClNO2S3. The maximum atomic E-state index is 12.8. The molecule has 7 heteroatoms. The first kappa shape index (κ1) is 14.5. The molecule has 2 heterocycles. The van der Waals surface area contributed by atoms with Crippen LogP contribution in [0.25, 0.3) is 0 Å². The van der Waals surface area contributed by atoms with Crippen molar-refractivity contribution in [1.29, 1.82) is 0 Å². The molecule has 2 aromatic rings. The standard InChI is InChI=1S/C13H14ClNO2S3/c14-7-12-3-4-13(19-12)20(16,17)15(11-1-2-11)8-10-5-6-18-9-10/h3-6,9,11H,1-2,7-8H2. The summed E-state index contributed by atoms with van der Waals surface area (Å²) in [5.74, 6) is 0.355. The van der Waals surface area contributed by atoms with Crippen molar-refractivity contribution in [3.05, 3.63) is 39.4 Å². The number of sulfonamides is 1. The third-order valence-corrected chi connectivity index (χ3v) is 7.83. The predicted octanol–water partition coefficient (Wildman–Crippen LogP) is 3.90. The van der Waals surface area contributed by atoms with E-state index in [1.807, 2.05) is 16.8 Å². The molecule has 1 saturated carbocycles. The fourth-order valence-electron chi connectivity index (χ4n) is 2.02. The summed E-state index contributed by atoms with van der Waals surface area (Å²) in [6.45, 7) is 0.463. The minimum absolute atomic E-state index is 0.154. The molecule has 0 unspecified atom stereocenters. The first-order valence-electron chi connectivity index (χ1n) is 6.29. The van der Waals surface area contributed by atoms with E-state index < -0.39 is 10.0 Å². The van der Waals surface area contributed by atoms with Crippen LogP contribution >= 0.6 is 34.3 Å². The van der Waals surface area contributed by atoms with Crippen LogP contribution in [0.5, 0.6) is 0 Å². The third-order valence-electron chi connectivity index (χ3n) is 3.20. The van der Waals surface area contributed by atoms with E-state index in [4.69, 9.17) is 11.6 Å². The summed E-state index contributed by atoms with van der Waals surface area (Å²) < 4.78 is 27.6. The average Bonchev–Trinajstić information content (AvgIpc) is 2.96. The van der Waals surface area contributed by atoms with Gasteiger partial charge < -0.3 is 0 Å². The molecule has 0 atom stereocenters. The summed E-state index contributed by atoms with van der Waals surface area (Å²) in [6.07, 6.45) is 1.91. The lowest BCUT2D eigenvalue weighted by Crippen LogP contribution is -2.32. The highest BCUT2D eigenvalue weighted by Gasteiger charge is 2.38. The monoisotopic (exact) mass is 347 g/mol. The van der Waals surface area contributed by atoms with Gasteiger partial charge in [-0.1, -0.05) is 0 Å². The number of thiophene rings is 2. The summed E-state index contributed by atoms with van der Waals surface area (Å²) >= 11 is 8.62. The molecule has 3 nitrogen and oxygen atoms in total. The maximum absolute atomic E-state index is 12.8. The van der Waals surface area contributed by atoms with Crippen LogP contribution in [0.2, 0.25) is 0 Å². The van der Waals surface area contributed by atoms with Gasteiger partial charge >= 0.3 is 0 Å². The summed E-state index contributed by atoms with van der Waals surface area (Å²) in [5, 5.41) is 3.98. The Kier molecular flexibility index (Phi) is 4.19. The Bertz CT molecular complexity index is 674. The second kappa shape index (κ2) is 5.77. The van der Waals surface area contributed by atoms with Crippen LogP contribution < -0.4 is 0 Å². The second-order valence-electron chi connectivity index (χ2n) is 4.77. The van der Waals surface area contributed by atoms with Crippen molar-refractivity contribution in [2.24, 2.45) is 0 Å². The van der Waals surface area contributed by atoms with Crippen molar-refractivity contribution in [2.75, 3.05) is 0 Å². The van der Waals surface area contributed by atoms with Crippen molar-refractivity contribution in [2.45, 2.75) is 35.5 Å². The molecular weight excluding hydrogens is 334 g/mol. The zero-order valence-electron chi connectivity index (χ0n) is 10.7. The van der Waals surface area contributed by atoms with Gasteiger partial charge in [0.1, 0.15) is 4.21 Å². The van der Waals surface area contributed by atoms with E-state index in [-0.39, 0.29) is 6.04 Å². The molecule has 0 aliphatic heterocycles. The lowest BCUT2D eigenvalue weighted by molar-refractivity contribution is 0.400. The molecule has 1 aliphatic rings. The first-order valence-corrected chi connectivity index (χ1v) is 10.0. The number of hydrogen-bond acceptors (Lipinski definition) is 4. The van der Waals surface area contributed by atoms with Crippen LogP contribution in [0.3, 0.4) is 0 Å². The van der Waals surface area contributed by atoms with Crippen molar-refractivity contribution in [1.82, 2.24) is 4.31 Å². The fraction of sp³-hybridized carbons (Fsp3) is 0.385. The predicted molar refractivity (Wildman–Crippen MR) is 83.9 cm³/mol. The van der Waals surface area contributed by atoms with Gasteiger partial charge in [0.25, 0.3) is 10.0 Å². The lowest BCUT2D eigenvalue weighted by Gasteiger charge is -2.20. The van der Waals surface area contributed by atoms with E-state index in [1.54, 1.807) is 27.8 Å². The summed E-state index contributed by atoms with van der Waals surface area (Å²) in [4.78, 5) is 0.886. The minimum Gasteiger partial charge on any atom is -0.206 e. The van der Waals surface area contributed by atoms with E-state index in [9.17, 15) is 8.42 Å². The molecule has 0 radical (unpaired) electrons. The Balaban J connectivity index is 1.89. The normalized spacial score (nSPS) is 15.9. The number of rotatable bonds is 6. The van der Waals surface area contributed by atoms with Gasteiger partial charge in [-0.3, -0.25) is 0 Å². The van der Waals surface area contributed by atoms with Gasteiger partial charge in [-0.15, -0.1) is 22.9 Å². The molecule has 1 fully saturated rings. The molecule has 0 bridgehead atoms. The van der Waals surface area contributed by atoms with Crippen molar-refractivity contribution in [3.8, 4) is 0 Å². The largest absolute Gasteiger partial charge is 0.253 e. The Morgan fingerprint density at radius 3 is 2.65 bits per heavy atom. The molecule has 0 N–H and O–H groups in total. The molecule has 1 aliphatic carbocycles.